The summed E-state index contributed by atoms with van der Waals surface area (Å²) in [5, 5.41) is 25.0. The van der Waals surface area contributed by atoms with Crippen LogP contribution in [-0.4, -0.2) is 71.6 Å². The van der Waals surface area contributed by atoms with E-state index in [0.717, 1.165) is 38.1 Å². The van der Waals surface area contributed by atoms with Gasteiger partial charge >= 0.3 is 0 Å². The maximum absolute atomic E-state index is 15.7. The minimum absolute atomic E-state index is 0.0717. The Morgan fingerprint density at radius 1 is 0.984 bits per heavy atom. The van der Waals surface area contributed by atoms with E-state index < -0.39 is 71.3 Å². The van der Waals surface area contributed by atoms with Gasteiger partial charge in [0.05, 0.1) is 40.1 Å². The van der Waals surface area contributed by atoms with Crippen molar-refractivity contribution >= 4 is 40.1 Å². The van der Waals surface area contributed by atoms with E-state index in [1.54, 1.807) is 31.3 Å². The lowest BCUT2D eigenvalue weighted by Crippen LogP contribution is -2.35. The van der Waals surface area contributed by atoms with Crippen LogP contribution in [-0.2, 0) is 35.5 Å². The van der Waals surface area contributed by atoms with Crippen LogP contribution in [0.25, 0.3) is 22.0 Å². The van der Waals surface area contributed by atoms with Crippen molar-refractivity contribution in [2.24, 2.45) is 13.0 Å². The first kappa shape index (κ1) is 42.0. The highest BCUT2D eigenvalue weighted by Crippen LogP contribution is 2.60. The molecule has 0 spiro atoms. The van der Waals surface area contributed by atoms with Crippen LogP contribution in [0.15, 0.2) is 54.6 Å². The molecule has 1 saturated heterocycles. The second-order valence-corrected chi connectivity index (χ2v) is 16.4. The minimum atomic E-state index is -3.59. The number of fused-ring (bicyclic) bond motifs is 4. The quantitative estimate of drug-likeness (QED) is 0.0721. The Bertz CT molecular complexity index is 2650. The van der Waals surface area contributed by atoms with Crippen molar-refractivity contribution in [1.29, 1.82) is 0 Å². The van der Waals surface area contributed by atoms with Crippen molar-refractivity contribution in [1.82, 2.24) is 34.8 Å². The van der Waals surface area contributed by atoms with Crippen molar-refractivity contribution in [3.05, 3.63) is 105 Å². The molecular weight excluding hydrogens is 826 g/mol. The molecule has 1 fully saturated rings. The summed E-state index contributed by atoms with van der Waals surface area (Å²) in [6.45, 7) is 3.74. The van der Waals surface area contributed by atoms with E-state index in [0.29, 0.717) is 32.8 Å². The van der Waals surface area contributed by atoms with Gasteiger partial charge in [0.2, 0.25) is 11.8 Å². The Morgan fingerprint density at radius 3 is 2.34 bits per heavy atom. The standard InChI is InChI=1S/C43H39ClF6N8O3/c1-42(2,61)13-12-25-6-7-26(27-9-11-30(44)35-38(27)56(3)55-41(35)53-32(59)20-57-14-4-5-15-57)36(51-25)31(18-22-16-23(45)19-24(46)17-22)52-33(60)21-58-39-34(37(54-58)40(47)48)28-8-10-29(28)43(39,49)50/h6-11,16-17,19,28-29,31,40,61H,4-5,14-15,18,20-21H2,1-3H3,(H,52,60)(H,53,55,59). The molecule has 0 saturated carbocycles. The zero-order valence-corrected chi connectivity index (χ0v) is 33.8. The molecule has 0 bridgehead atoms. The normalized spacial score (nSPS) is 18.4. The molecule has 3 N–H and O–H groups in total. The Balaban J connectivity index is 1.24. The van der Waals surface area contributed by atoms with E-state index in [2.05, 4.69) is 32.7 Å². The number of halogens is 7. The van der Waals surface area contributed by atoms with E-state index in [-0.39, 0.29) is 52.2 Å². The number of nitrogens with one attached hydrogen (secondary N) is 2. The van der Waals surface area contributed by atoms with Gasteiger partial charge in [0.25, 0.3) is 12.3 Å². The van der Waals surface area contributed by atoms with Gasteiger partial charge in [0.1, 0.15) is 40.9 Å². The Hall–Kier alpha value is -5.70. The maximum atomic E-state index is 15.7. The SMILES string of the molecule is Cn1nc(NC(=O)CN2CCCC2)c2c(Cl)ccc(-c3ccc(C#CC(C)(C)O)nc3C(Cc3cc(F)cc(F)c3)NC(=O)Cn3nc(C(F)F)c4c3C(F)(F)C3C=CC43)c21. The number of aromatic nitrogens is 5. The van der Waals surface area contributed by atoms with Gasteiger partial charge in [-0.2, -0.15) is 19.0 Å². The summed E-state index contributed by atoms with van der Waals surface area (Å²) >= 11 is 6.77. The van der Waals surface area contributed by atoms with E-state index in [9.17, 15) is 32.3 Å². The maximum Gasteiger partial charge on any atom is 0.296 e. The fourth-order valence-corrected chi connectivity index (χ4v) is 8.62. The number of benzene rings is 2. The van der Waals surface area contributed by atoms with Crippen LogP contribution in [0.1, 0.15) is 79.0 Å². The number of aryl methyl sites for hydroxylation is 1. The molecular formula is C43H39ClF6N8O3. The van der Waals surface area contributed by atoms with Gasteiger partial charge in [-0.25, -0.2) is 22.5 Å². The predicted octanol–water partition coefficient (Wildman–Crippen LogP) is 7.33. The molecule has 3 aliphatic rings. The van der Waals surface area contributed by atoms with Crippen LogP contribution >= 0.6 is 11.6 Å². The highest BCUT2D eigenvalue weighted by atomic mass is 35.5. The lowest BCUT2D eigenvalue weighted by atomic mass is 9.81. The number of carbonyl (C=O) groups is 2. The molecule has 2 aliphatic carbocycles. The Kier molecular flexibility index (Phi) is 11.0. The lowest BCUT2D eigenvalue weighted by Gasteiger charge is -2.27. The van der Waals surface area contributed by atoms with Gasteiger partial charge in [-0.15, -0.1) is 0 Å². The first-order chi connectivity index (χ1) is 28.9. The molecule has 1 aliphatic heterocycles. The monoisotopic (exact) mass is 864 g/mol. The van der Waals surface area contributed by atoms with Crippen LogP contribution in [0.3, 0.4) is 0 Å². The van der Waals surface area contributed by atoms with Crippen LogP contribution in [0.2, 0.25) is 5.02 Å². The number of alkyl halides is 4. The number of pyridine rings is 1. The fraction of sp³-hybridized carbons (Fsp3) is 0.372. The van der Waals surface area contributed by atoms with Gasteiger partial charge in [-0.1, -0.05) is 35.7 Å². The van der Waals surface area contributed by atoms with E-state index >= 15 is 8.78 Å². The first-order valence-electron chi connectivity index (χ1n) is 19.5. The summed E-state index contributed by atoms with van der Waals surface area (Å²) in [6, 6.07) is 7.91. The minimum Gasteiger partial charge on any atom is -0.378 e. The van der Waals surface area contributed by atoms with Gasteiger partial charge < -0.3 is 15.7 Å². The average Bonchev–Trinajstić information content (AvgIpc) is 3.90. The molecule has 4 heterocycles. The van der Waals surface area contributed by atoms with Crippen molar-refractivity contribution in [2.75, 3.05) is 25.0 Å². The number of carbonyl (C=O) groups excluding carboxylic acids is 2. The third kappa shape index (κ3) is 8.23. The number of rotatable bonds is 11. The zero-order valence-electron chi connectivity index (χ0n) is 33.0. The summed E-state index contributed by atoms with van der Waals surface area (Å²) < 4.78 is 91.1. The summed E-state index contributed by atoms with van der Waals surface area (Å²) in [5.41, 5.74) is -1.91. The second kappa shape index (κ2) is 16.0. The summed E-state index contributed by atoms with van der Waals surface area (Å²) in [6.07, 6.45) is 1.11. The number of nitrogens with zero attached hydrogens (tertiary/aromatic N) is 6. The molecule has 0 radical (unpaired) electrons. The van der Waals surface area contributed by atoms with Crippen molar-refractivity contribution < 1.29 is 41.0 Å². The molecule has 2 aromatic carbocycles. The van der Waals surface area contributed by atoms with E-state index in [4.69, 9.17) is 16.6 Å². The van der Waals surface area contributed by atoms with Crippen LogP contribution < -0.4 is 10.6 Å². The predicted molar refractivity (Wildman–Crippen MR) is 214 cm³/mol. The number of hydrogen-bond donors (Lipinski definition) is 3. The second-order valence-electron chi connectivity index (χ2n) is 16.0. The van der Waals surface area contributed by atoms with Gasteiger partial charge in [0, 0.05) is 35.7 Å². The largest absolute Gasteiger partial charge is 0.378 e. The third-order valence-corrected chi connectivity index (χ3v) is 11.3. The molecule has 3 aromatic heterocycles. The first-order valence-corrected chi connectivity index (χ1v) is 19.9. The molecule has 18 heteroatoms. The number of likely N-dealkylation sites (tertiary alicyclic amines) is 1. The lowest BCUT2D eigenvalue weighted by molar-refractivity contribution is -0.123. The highest BCUT2D eigenvalue weighted by molar-refractivity contribution is 6.37. The summed E-state index contributed by atoms with van der Waals surface area (Å²) in [7, 11) is 1.64. The average molecular weight is 865 g/mol. The van der Waals surface area contributed by atoms with Crippen LogP contribution in [0.5, 0.6) is 0 Å². The highest BCUT2D eigenvalue weighted by Gasteiger charge is 2.60. The van der Waals surface area contributed by atoms with Crippen LogP contribution in [0.4, 0.5) is 32.2 Å². The zero-order chi connectivity index (χ0) is 43.5. The number of allylic oxidation sites excluding steroid dienone is 2. The summed E-state index contributed by atoms with van der Waals surface area (Å²) in [5.74, 6) is -3.34. The van der Waals surface area contributed by atoms with Gasteiger partial charge in [0.15, 0.2) is 5.82 Å². The topological polar surface area (TPSA) is 130 Å². The van der Waals surface area contributed by atoms with Crippen LogP contribution in [0, 0.1) is 29.4 Å². The van der Waals surface area contributed by atoms with Gasteiger partial charge in [-0.3, -0.25) is 23.9 Å². The molecule has 318 valence electrons. The van der Waals surface area contributed by atoms with Gasteiger partial charge in [-0.05, 0) is 88.0 Å². The number of aliphatic hydroxyl groups is 1. The smallest absolute Gasteiger partial charge is 0.296 e. The molecule has 5 aromatic rings. The third-order valence-electron chi connectivity index (χ3n) is 11.0. The molecule has 61 heavy (non-hydrogen) atoms. The molecule has 8 rings (SSSR count). The molecule has 11 nitrogen and oxygen atoms in total. The molecule has 3 atom stereocenters. The van der Waals surface area contributed by atoms with Crippen molar-refractivity contribution in [3.8, 4) is 23.0 Å². The fourth-order valence-electron chi connectivity index (χ4n) is 8.37. The van der Waals surface area contributed by atoms with E-state index in [1.807, 2.05) is 4.90 Å². The molecule has 2 amide bonds. The number of amides is 2. The van der Waals surface area contributed by atoms with E-state index in [1.165, 1.54) is 30.7 Å². The summed E-state index contributed by atoms with van der Waals surface area (Å²) in [4.78, 5) is 34.1. The Morgan fingerprint density at radius 2 is 1.69 bits per heavy atom. The van der Waals surface area contributed by atoms with Crippen molar-refractivity contribution in [2.45, 2.75) is 69.6 Å². The van der Waals surface area contributed by atoms with Crippen molar-refractivity contribution in [3.63, 3.8) is 0 Å². The Labute approximate surface area is 350 Å². The number of hydrogen-bond acceptors (Lipinski definition) is 7. The molecule has 3 unspecified atom stereocenters. The number of anilines is 1.